The summed E-state index contributed by atoms with van der Waals surface area (Å²) in [6, 6.07) is 0. The van der Waals surface area contributed by atoms with Gasteiger partial charge in [0.05, 0.1) is 12.2 Å². The summed E-state index contributed by atoms with van der Waals surface area (Å²) in [5.74, 6) is 6.68. The minimum absolute atomic E-state index is 0. The smallest absolute Gasteiger partial charge is 0.0857 e. The first kappa shape index (κ1) is 6.08. The summed E-state index contributed by atoms with van der Waals surface area (Å²) in [7, 11) is 0. The van der Waals surface area contributed by atoms with E-state index in [1.807, 2.05) is 0 Å². The van der Waals surface area contributed by atoms with Gasteiger partial charge in [-0.25, -0.2) is 0 Å². The summed E-state index contributed by atoms with van der Waals surface area (Å²) < 4.78 is 5.41. The molecule has 0 bridgehead atoms. The van der Waals surface area contributed by atoms with Gasteiger partial charge in [-0.05, 0) is 25.7 Å². The maximum atomic E-state index is 5.41. The lowest BCUT2D eigenvalue weighted by molar-refractivity contribution is 0.212. The Hall–Kier alpha value is -0.480. The van der Waals surface area contributed by atoms with Crippen LogP contribution in [0.1, 0.15) is 33.5 Å². The Labute approximate surface area is 68.6 Å². The topological polar surface area (TPSA) is 12.5 Å². The highest BCUT2D eigenvalue weighted by Crippen LogP contribution is 2.52. The van der Waals surface area contributed by atoms with E-state index in [0.717, 1.165) is 6.42 Å². The van der Waals surface area contributed by atoms with Gasteiger partial charge in [0, 0.05) is 13.3 Å². The molecule has 0 aromatic heterocycles. The molecule has 1 nitrogen and oxygen atoms in total. The third-order valence-electron chi connectivity index (χ3n) is 3.18. The Balaban J connectivity index is 0.000000563. The van der Waals surface area contributed by atoms with Gasteiger partial charge < -0.3 is 4.74 Å². The quantitative estimate of drug-likeness (QED) is 0.380. The summed E-state index contributed by atoms with van der Waals surface area (Å²) in [6.07, 6.45) is 7.42. The van der Waals surface area contributed by atoms with E-state index in [1.54, 1.807) is 0 Å². The fourth-order valence-corrected chi connectivity index (χ4v) is 2.53. The molecule has 3 rings (SSSR count). The molecule has 2 atom stereocenters. The summed E-state index contributed by atoms with van der Waals surface area (Å²) in [6.45, 7) is 0. The van der Waals surface area contributed by atoms with E-state index < -0.39 is 0 Å². The zero-order valence-corrected chi connectivity index (χ0v) is 6.60. The summed E-state index contributed by atoms with van der Waals surface area (Å²) in [4.78, 5) is 0. The van der Waals surface area contributed by atoms with Crippen molar-refractivity contribution in [3.05, 3.63) is 0 Å². The number of epoxide rings is 1. The van der Waals surface area contributed by atoms with Crippen LogP contribution in [-0.2, 0) is 4.74 Å². The Kier molecular flexibility index (Phi) is 1.00. The number of hydrogen-bond donors (Lipinski definition) is 0. The van der Waals surface area contributed by atoms with Crippen LogP contribution in [0.15, 0.2) is 0 Å². The Bertz CT molecular complexity index is 240. The molecule has 0 N–H and O–H groups in total. The molecule has 1 aliphatic heterocycles. The second-order valence-corrected chi connectivity index (χ2v) is 4.06. The zero-order valence-electron chi connectivity index (χ0n) is 6.60. The van der Waals surface area contributed by atoms with E-state index in [0.29, 0.717) is 17.6 Å². The van der Waals surface area contributed by atoms with Crippen LogP contribution in [0.4, 0.5) is 0 Å². The molecule has 2 aliphatic carbocycles. The highest BCUT2D eigenvalue weighted by Gasteiger charge is 2.55. The van der Waals surface area contributed by atoms with Crippen LogP contribution in [0, 0.1) is 17.3 Å². The van der Waals surface area contributed by atoms with Crippen LogP contribution >= 0.6 is 0 Å². The van der Waals surface area contributed by atoms with Crippen LogP contribution in [0.25, 0.3) is 0 Å². The van der Waals surface area contributed by atoms with Gasteiger partial charge >= 0.3 is 0 Å². The lowest BCUT2D eigenvalue weighted by Crippen LogP contribution is -2.19. The first-order valence-corrected chi connectivity index (χ1v) is 4.54. The monoisotopic (exact) mass is 150 g/mol. The first-order valence-electron chi connectivity index (χ1n) is 4.54. The predicted octanol–water partition coefficient (Wildman–Crippen LogP) is 1.97. The normalized spacial score (nSPS) is 51.6. The maximum Gasteiger partial charge on any atom is 0.0857 e. The summed E-state index contributed by atoms with van der Waals surface area (Å²) >= 11 is 0. The van der Waals surface area contributed by atoms with Gasteiger partial charge in [0.1, 0.15) is 0 Å². The molecule has 2 fully saturated rings. The standard InChI is InChI=1S/C10H12O.H2/c1-2-4-10(5-3-1)6-8-9(7-10)11-8;/h8-9H,1-2,4,6-7H2;1H. The molecule has 2 unspecified atom stereocenters. The maximum absolute atomic E-state index is 5.41. The van der Waals surface area contributed by atoms with Crippen LogP contribution in [0.2, 0.25) is 0 Å². The molecule has 60 valence electrons. The molecule has 3 aliphatic rings. The van der Waals surface area contributed by atoms with Gasteiger partial charge in [0.2, 0.25) is 0 Å². The van der Waals surface area contributed by atoms with E-state index in [1.165, 1.54) is 25.7 Å². The van der Waals surface area contributed by atoms with E-state index in [9.17, 15) is 0 Å². The molecule has 0 amide bonds. The van der Waals surface area contributed by atoms with Crippen molar-refractivity contribution >= 4 is 0 Å². The molecule has 0 aromatic rings. The van der Waals surface area contributed by atoms with Gasteiger partial charge in [0.15, 0.2) is 0 Å². The van der Waals surface area contributed by atoms with Crippen molar-refractivity contribution in [2.24, 2.45) is 5.41 Å². The third-order valence-corrected chi connectivity index (χ3v) is 3.18. The lowest BCUT2D eigenvalue weighted by atomic mass is 9.79. The minimum atomic E-state index is 0. The fourth-order valence-electron chi connectivity index (χ4n) is 2.53. The van der Waals surface area contributed by atoms with Gasteiger partial charge in [-0.3, -0.25) is 0 Å². The predicted molar refractivity (Wildman–Crippen MR) is 44.1 cm³/mol. The minimum Gasteiger partial charge on any atom is -0.369 e. The van der Waals surface area contributed by atoms with Crippen molar-refractivity contribution in [2.45, 2.75) is 44.3 Å². The van der Waals surface area contributed by atoms with Crippen LogP contribution in [-0.4, -0.2) is 12.2 Å². The second kappa shape index (κ2) is 1.81. The molecule has 0 radical (unpaired) electrons. The number of ether oxygens (including phenoxy) is 1. The van der Waals surface area contributed by atoms with Crippen LogP contribution in [0.3, 0.4) is 0 Å². The average Bonchev–Trinajstić information content (AvgIpc) is 2.62. The molecule has 1 saturated carbocycles. The van der Waals surface area contributed by atoms with Crippen molar-refractivity contribution in [3.8, 4) is 11.8 Å². The molecular weight excluding hydrogens is 136 g/mol. The van der Waals surface area contributed by atoms with Crippen molar-refractivity contribution < 1.29 is 6.16 Å². The highest BCUT2D eigenvalue weighted by atomic mass is 16.6. The molecule has 1 heterocycles. The van der Waals surface area contributed by atoms with E-state index in [-0.39, 0.29) is 1.43 Å². The second-order valence-electron chi connectivity index (χ2n) is 4.06. The first-order chi connectivity index (χ1) is 5.38. The van der Waals surface area contributed by atoms with Gasteiger partial charge in [-0.2, -0.15) is 0 Å². The molecule has 1 spiro atoms. The highest BCUT2D eigenvalue weighted by molar-refractivity contribution is 5.22. The molecule has 1 heteroatoms. The fraction of sp³-hybridized carbons (Fsp3) is 0.800. The van der Waals surface area contributed by atoms with E-state index in [2.05, 4.69) is 11.8 Å². The average molecular weight is 150 g/mol. The van der Waals surface area contributed by atoms with Crippen molar-refractivity contribution in [3.63, 3.8) is 0 Å². The van der Waals surface area contributed by atoms with E-state index in [4.69, 9.17) is 4.74 Å². The Morgan fingerprint density at radius 2 is 2.18 bits per heavy atom. The summed E-state index contributed by atoms with van der Waals surface area (Å²) in [5, 5.41) is 0. The third kappa shape index (κ3) is 0.827. The Morgan fingerprint density at radius 1 is 1.36 bits per heavy atom. The van der Waals surface area contributed by atoms with Crippen molar-refractivity contribution in [1.82, 2.24) is 0 Å². The number of hydrogen-bond acceptors (Lipinski definition) is 1. The molecule has 0 aromatic carbocycles. The van der Waals surface area contributed by atoms with Crippen molar-refractivity contribution in [1.29, 1.82) is 0 Å². The SMILES string of the molecule is C1#CC2(CCC1)CC1OC1C2.[HH]. The van der Waals surface area contributed by atoms with Gasteiger partial charge in [-0.1, -0.05) is 5.92 Å². The number of fused-ring (bicyclic) bond motifs is 1. The number of rotatable bonds is 0. The molecule has 1 saturated heterocycles. The molecular formula is C10H14O. The van der Waals surface area contributed by atoms with E-state index >= 15 is 0 Å². The zero-order chi connectivity index (χ0) is 7.31. The van der Waals surface area contributed by atoms with Crippen LogP contribution in [0.5, 0.6) is 0 Å². The van der Waals surface area contributed by atoms with Gasteiger partial charge in [-0.15, -0.1) is 5.92 Å². The lowest BCUT2D eigenvalue weighted by Gasteiger charge is -2.26. The largest absolute Gasteiger partial charge is 0.369 e. The Morgan fingerprint density at radius 3 is 2.82 bits per heavy atom. The van der Waals surface area contributed by atoms with Crippen molar-refractivity contribution in [2.75, 3.05) is 0 Å². The summed E-state index contributed by atoms with van der Waals surface area (Å²) in [5.41, 5.74) is 0.409. The van der Waals surface area contributed by atoms with Gasteiger partial charge in [0.25, 0.3) is 0 Å². The molecule has 11 heavy (non-hydrogen) atoms. The van der Waals surface area contributed by atoms with Crippen LogP contribution < -0.4 is 0 Å².